The molecular weight excluding hydrogens is 531 g/mol. The summed E-state index contributed by atoms with van der Waals surface area (Å²) in [4.78, 5) is 27.2. The molecule has 0 atom stereocenters. The molecule has 2 aliphatic rings. The molecule has 1 aromatic carbocycles. The van der Waals surface area contributed by atoms with Crippen LogP contribution in [0.15, 0.2) is 47.5 Å². The van der Waals surface area contributed by atoms with E-state index in [0.29, 0.717) is 25.9 Å². The highest BCUT2D eigenvalue weighted by Gasteiger charge is 2.46. The third kappa shape index (κ3) is 6.99. The van der Waals surface area contributed by atoms with Crippen LogP contribution in [-0.2, 0) is 30.9 Å². The lowest BCUT2D eigenvalue weighted by atomic mass is 9.90. The van der Waals surface area contributed by atoms with Crippen molar-refractivity contribution < 1.29 is 45.8 Å². The van der Waals surface area contributed by atoms with E-state index in [2.05, 4.69) is 4.98 Å². The predicted molar refractivity (Wildman–Crippen MR) is 128 cm³/mol. The number of carboxylic acids is 1. The molecule has 1 fully saturated rings. The molecular formula is C24H28F3N3O7S. The Morgan fingerprint density at radius 1 is 1.16 bits per heavy atom. The van der Waals surface area contributed by atoms with E-state index >= 15 is 0 Å². The minimum Gasteiger partial charge on any atom is -0.475 e. The number of hydrogen-bond acceptors (Lipinski definition) is 7. The van der Waals surface area contributed by atoms with Crippen LogP contribution >= 0.6 is 0 Å². The number of aryl methyl sites for hydroxylation is 1. The van der Waals surface area contributed by atoms with E-state index in [4.69, 9.17) is 19.4 Å². The van der Waals surface area contributed by atoms with Gasteiger partial charge in [-0.05, 0) is 24.6 Å². The Hall–Kier alpha value is -3.23. The number of fused-ring (bicyclic) bond motifs is 1. The quantitative estimate of drug-likeness (QED) is 0.606. The van der Waals surface area contributed by atoms with Crippen molar-refractivity contribution in [1.29, 1.82) is 0 Å². The van der Waals surface area contributed by atoms with E-state index in [-0.39, 0.29) is 36.4 Å². The van der Waals surface area contributed by atoms with Gasteiger partial charge in [0.1, 0.15) is 17.1 Å². The number of halogens is 3. The van der Waals surface area contributed by atoms with Gasteiger partial charge in [-0.1, -0.05) is 29.8 Å². The van der Waals surface area contributed by atoms with Gasteiger partial charge in [0, 0.05) is 45.8 Å². The first-order valence-corrected chi connectivity index (χ1v) is 13.0. The fourth-order valence-corrected chi connectivity index (χ4v) is 5.68. The van der Waals surface area contributed by atoms with Gasteiger partial charge in [-0.15, -0.1) is 0 Å². The van der Waals surface area contributed by atoms with Gasteiger partial charge >= 0.3 is 12.1 Å². The molecule has 4 rings (SSSR count). The zero-order valence-corrected chi connectivity index (χ0v) is 21.6. The number of carboxylic acid groups (broad SMARTS) is 1. The Bertz CT molecular complexity index is 1250. The average molecular weight is 560 g/mol. The molecule has 10 nitrogen and oxygen atoms in total. The minimum absolute atomic E-state index is 0.0339. The van der Waals surface area contributed by atoms with Crippen LogP contribution in [0.3, 0.4) is 0 Å². The molecule has 208 valence electrons. The van der Waals surface area contributed by atoms with Gasteiger partial charge in [0.05, 0.1) is 6.54 Å². The summed E-state index contributed by atoms with van der Waals surface area (Å²) in [6.45, 7) is 3.42. The molecule has 38 heavy (non-hydrogen) atoms. The van der Waals surface area contributed by atoms with Crippen LogP contribution in [0.5, 0.6) is 5.88 Å². The number of aliphatic carboxylic acids is 1. The molecule has 14 heteroatoms. The van der Waals surface area contributed by atoms with Crippen molar-refractivity contribution in [2.75, 3.05) is 33.4 Å². The molecule has 1 amide bonds. The van der Waals surface area contributed by atoms with Crippen molar-refractivity contribution in [1.82, 2.24) is 14.2 Å². The molecule has 0 unspecified atom stereocenters. The number of hydrogen-bond donors (Lipinski definition) is 1. The van der Waals surface area contributed by atoms with E-state index in [1.807, 2.05) is 31.2 Å². The average Bonchev–Trinajstić information content (AvgIpc) is 2.93. The highest BCUT2D eigenvalue weighted by Crippen LogP contribution is 2.38. The Kier molecular flexibility index (Phi) is 9.00. The number of piperidine rings is 1. The first kappa shape index (κ1) is 29.3. The van der Waals surface area contributed by atoms with E-state index in [9.17, 15) is 26.4 Å². The molecule has 1 N–H and O–H groups in total. The number of methoxy groups -OCH3 is 1. The van der Waals surface area contributed by atoms with E-state index in [1.165, 1.54) is 23.7 Å². The van der Waals surface area contributed by atoms with Crippen LogP contribution < -0.4 is 4.74 Å². The molecule has 0 bridgehead atoms. The van der Waals surface area contributed by atoms with Crippen molar-refractivity contribution in [3.05, 3.63) is 53.7 Å². The number of sulfonamides is 1. The number of amides is 1. The normalized spacial score (nSPS) is 18.4. The van der Waals surface area contributed by atoms with Crippen molar-refractivity contribution >= 4 is 21.9 Å². The summed E-state index contributed by atoms with van der Waals surface area (Å²) >= 11 is 0. The summed E-state index contributed by atoms with van der Waals surface area (Å²) in [6, 6.07) is 11.0. The molecule has 2 aromatic rings. The van der Waals surface area contributed by atoms with Crippen LogP contribution in [0.2, 0.25) is 0 Å². The minimum atomic E-state index is -5.08. The lowest BCUT2D eigenvalue weighted by molar-refractivity contribution is -0.192. The zero-order chi connectivity index (χ0) is 28.1. The maximum Gasteiger partial charge on any atom is 0.490 e. The highest BCUT2D eigenvalue weighted by atomic mass is 32.2. The number of nitrogens with zero attached hydrogens (tertiary/aromatic N) is 3. The van der Waals surface area contributed by atoms with Crippen LogP contribution in [0.1, 0.15) is 24.0 Å². The third-order valence-corrected chi connectivity index (χ3v) is 7.95. The maximum atomic E-state index is 13.5. The van der Waals surface area contributed by atoms with Gasteiger partial charge in [-0.3, -0.25) is 4.79 Å². The van der Waals surface area contributed by atoms with Gasteiger partial charge in [0.15, 0.2) is 0 Å². The fourth-order valence-electron chi connectivity index (χ4n) is 4.11. The van der Waals surface area contributed by atoms with Crippen LogP contribution in [0.25, 0.3) is 0 Å². The van der Waals surface area contributed by atoms with Crippen LogP contribution in [-0.4, -0.2) is 84.7 Å². The zero-order valence-electron chi connectivity index (χ0n) is 20.8. The van der Waals surface area contributed by atoms with Gasteiger partial charge in [-0.2, -0.15) is 17.5 Å². The third-order valence-electron chi connectivity index (χ3n) is 6.15. The van der Waals surface area contributed by atoms with Gasteiger partial charge < -0.3 is 19.5 Å². The van der Waals surface area contributed by atoms with Gasteiger partial charge in [0.2, 0.25) is 21.8 Å². The standard InChI is InChI=1S/C22H27N3O5S.C2HF3O2/c1-17-5-7-18(8-6-17)14-25-16-22(9-12-24(13-10-22)20(26)15-29-2)30-21-19(31(25,27)28)4-3-11-23-21;3-2(4,5)1(6)7/h3-8,11H,9-10,12-16H2,1-2H3;(H,6,7). The van der Waals surface area contributed by atoms with Crippen molar-refractivity contribution in [3.63, 3.8) is 0 Å². The summed E-state index contributed by atoms with van der Waals surface area (Å²) in [7, 11) is -2.30. The summed E-state index contributed by atoms with van der Waals surface area (Å²) < 4.78 is 71.5. The molecule has 3 heterocycles. The Balaban J connectivity index is 0.000000505. The first-order chi connectivity index (χ1) is 17.8. The van der Waals surface area contributed by atoms with Crippen molar-refractivity contribution in [2.24, 2.45) is 0 Å². The monoisotopic (exact) mass is 559 g/mol. The molecule has 1 aromatic heterocycles. The largest absolute Gasteiger partial charge is 0.490 e. The number of carbonyl (C=O) groups excluding carboxylic acids is 1. The maximum absolute atomic E-state index is 13.5. The number of rotatable bonds is 4. The Morgan fingerprint density at radius 3 is 2.32 bits per heavy atom. The van der Waals surface area contributed by atoms with E-state index in [1.54, 1.807) is 11.0 Å². The second kappa shape index (κ2) is 11.7. The Morgan fingerprint density at radius 2 is 1.76 bits per heavy atom. The summed E-state index contributed by atoms with van der Waals surface area (Å²) in [5.41, 5.74) is 1.27. The molecule has 0 aliphatic carbocycles. The second-order valence-corrected chi connectivity index (χ2v) is 10.9. The lowest BCUT2D eigenvalue weighted by Crippen LogP contribution is -2.55. The number of ether oxygens (including phenoxy) is 2. The van der Waals surface area contributed by atoms with Crippen molar-refractivity contribution in [2.45, 2.75) is 43.0 Å². The topological polar surface area (TPSA) is 126 Å². The van der Waals surface area contributed by atoms with Gasteiger partial charge in [-0.25, -0.2) is 18.2 Å². The summed E-state index contributed by atoms with van der Waals surface area (Å²) in [5.74, 6) is -2.70. The smallest absolute Gasteiger partial charge is 0.475 e. The molecule has 0 radical (unpaired) electrons. The first-order valence-electron chi connectivity index (χ1n) is 11.5. The SMILES string of the molecule is COCC(=O)N1CCC2(CC1)CN(Cc1ccc(C)cc1)S(=O)(=O)c1cccnc1O2.O=C(O)C(F)(F)F. The van der Waals surface area contributed by atoms with E-state index < -0.39 is 27.8 Å². The lowest BCUT2D eigenvalue weighted by Gasteiger charge is -2.42. The second-order valence-electron chi connectivity index (χ2n) is 8.97. The van der Waals surface area contributed by atoms with E-state index in [0.717, 1.165) is 11.1 Å². The predicted octanol–water partition coefficient (Wildman–Crippen LogP) is 2.61. The van der Waals surface area contributed by atoms with Gasteiger partial charge in [0.25, 0.3) is 0 Å². The fraction of sp³-hybridized carbons (Fsp3) is 0.458. The number of carbonyl (C=O) groups is 2. The number of pyridine rings is 1. The molecule has 1 saturated heterocycles. The molecule has 0 saturated carbocycles. The van der Waals surface area contributed by atoms with Crippen LogP contribution in [0.4, 0.5) is 13.2 Å². The summed E-state index contributed by atoms with van der Waals surface area (Å²) in [6.07, 6.45) is -2.52. The van der Waals surface area contributed by atoms with Crippen molar-refractivity contribution in [3.8, 4) is 5.88 Å². The number of alkyl halides is 3. The molecule has 2 aliphatic heterocycles. The van der Waals surface area contributed by atoms with Crippen LogP contribution in [0, 0.1) is 6.92 Å². The number of aromatic nitrogens is 1. The highest BCUT2D eigenvalue weighted by molar-refractivity contribution is 7.89. The number of likely N-dealkylation sites (tertiary alicyclic amines) is 1. The molecule has 1 spiro atoms. The Labute approximate surface area is 218 Å². The number of benzene rings is 1. The summed E-state index contributed by atoms with van der Waals surface area (Å²) in [5, 5.41) is 7.12.